The third-order valence-corrected chi connectivity index (χ3v) is 10.9. The highest BCUT2D eigenvalue weighted by Gasteiger charge is 2.44. The molecular weight excluding hydrogens is 468 g/mol. The Labute approximate surface area is 221 Å². The van der Waals surface area contributed by atoms with Gasteiger partial charge in [-0.3, -0.25) is 0 Å². The molecule has 2 nitrogen and oxygen atoms in total. The fourth-order valence-electron chi connectivity index (χ4n) is 5.75. The molecule has 37 heavy (non-hydrogen) atoms. The lowest BCUT2D eigenvalue weighted by Gasteiger charge is -2.27. The van der Waals surface area contributed by atoms with Gasteiger partial charge < -0.3 is 9.47 Å². The van der Waals surface area contributed by atoms with Gasteiger partial charge in [0.15, 0.2) is 0 Å². The van der Waals surface area contributed by atoms with Gasteiger partial charge in [0.1, 0.15) is 19.6 Å². The van der Waals surface area contributed by atoms with Gasteiger partial charge in [-0.25, -0.2) is 0 Å². The van der Waals surface area contributed by atoms with E-state index in [-0.39, 0.29) is 0 Å². The second kappa shape index (κ2) is 9.91. The zero-order chi connectivity index (χ0) is 26.2. The van der Waals surface area contributed by atoms with Crippen LogP contribution in [0, 0.1) is 13.8 Å². The number of benzene rings is 4. The minimum atomic E-state index is -2.23. The highest BCUT2D eigenvalue weighted by molar-refractivity contribution is 7.13. The molecule has 1 aliphatic heterocycles. The molecule has 0 fully saturated rings. The van der Waals surface area contributed by atoms with Crippen LogP contribution in [0.2, 0.25) is 13.1 Å². The van der Waals surface area contributed by atoms with Gasteiger partial charge in [0, 0.05) is 0 Å². The summed E-state index contributed by atoms with van der Waals surface area (Å²) in [5, 5.41) is 2.87. The van der Waals surface area contributed by atoms with Crippen LogP contribution in [-0.2, 0) is 0 Å². The molecule has 0 bridgehead atoms. The van der Waals surface area contributed by atoms with E-state index in [1.54, 1.807) is 14.2 Å². The molecule has 3 heteroatoms. The lowest BCUT2D eigenvalue weighted by atomic mass is 9.88. The number of hydrogen-bond acceptors (Lipinski definition) is 2. The van der Waals surface area contributed by atoms with Crippen LogP contribution in [0.15, 0.2) is 97.1 Å². The van der Waals surface area contributed by atoms with Crippen molar-refractivity contribution in [2.24, 2.45) is 0 Å². The molecule has 1 aliphatic rings. The Hall–Kier alpha value is -3.82. The zero-order valence-electron chi connectivity index (χ0n) is 22.6. The Morgan fingerprint density at radius 2 is 0.865 bits per heavy atom. The molecule has 0 radical (unpaired) electrons. The molecule has 0 saturated carbocycles. The number of methoxy groups -OCH3 is 2. The first-order valence-corrected chi connectivity index (χ1v) is 15.8. The molecule has 1 heterocycles. The maximum absolute atomic E-state index is 5.67. The maximum atomic E-state index is 5.67. The summed E-state index contributed by atoms with van der Waals surface area (Å²) in [5.74, 6) is 1.76. The van der Waals surface area contributed by atoms with Crippen molar-refractivity contribution >= 4 is 29.6 Å². The van der Waals surface area contributed by atoms with Gasteiger partial charge in [-0.2, -0.15) is 0 Å². The van der Waals surface area contributed by atoms with E-state index >= 15 is 0 Å². The van der Waals surface area contributed by atoms with Crippen LogP contribution >= 0.6 is 0 Å². The summed E-state index contributed by atoms with van der Waals surface area (Å²) >= 11 is 0. The summed E-state index contributed by atoms with van der Waals surface area (Å²) in [6.07, 6.45) is 0. The molecule has 186 valence electrons. The number of rotatable bonds is 6. The fraction of sp³-hybridized carbons (Fsp3) is 0.176. The van der Waals surface area contributed by atoms with Crippen molar-refractivity contribution in [3.8, 4) is 11.5 Å². The molecular formula is C34H34O2Si. The lowest BCUT2D eigenvalue weighted by Crippen LogP contribution is -2.28. The smallest absolute Gasteiger partial charge is 0.119 e. The van der Waals surface area contributed by atoms with Crippen molar-refractivity contribution in [2.45, 2.75) is 26.9 Å². The number of allylic oxidation sites excluding steroid dienone is 2. The molecule has 4 aromatic carbocycles. The number of hydrogen-bond donors (Lipinski definition) is 0. The topological polar surface area (TPSA) is 18.5 Å². The minimum absolute atomic E-state index is 0.880. The van der Waals surface area contributed by atoms with Crippen LogP contribution in [0.25, 0.3) is 21.5 Å². The van der Waals surface area contributed by atoms with Crippen LogP contribution < -0.4 is 9.47 Å². The second-order valence-corrected chi connectivity index (χ2v) is 14.6. The molecule has 0 saturated heterocycles. The molecule has 0 aromatic heterocycles. The van der Waals surface area contributed by atoms with Crippen molar-refractivity contribution < 1.29 is 9.47 Å². The van der Waals surface area contributed by atoms with E-state index in [0.717, 1.165) is 11.5 Å². The first-order valence-electron chi connectivity index (χ1n) is 12.8. The average Bonchev–Trinajstić information content (AvgIpc) is 3.15. The lowest BCUT2D eigenvalue weighted by molar-refractivity contribution is 0.414. The molecule has 0 atom stereocenters. The van der Waals surface area contributed by atoms with Crippen LogP contribution in [0.4, 0.5) is 0 Å². The highest BCUT2D eigenvalue weighted by atomic mass is 28.3. The first-order chi connectivity index (χ1) is 17.8. The van der Waals surface area contributed by atoms with E-state index < -0.39 is 8.07 Å². The van der Waals surface area contributed by atoms with Crippen molar-refractivity contribution in [1.29, 1.82) is 0 Å². The largest absolute Gasteiger partial charge is 0.497 e. The van der Waals surface area contributed by atoms with Gasteiger partial charge in [0.05, 0.1) is 14.2 Å². The van der Waals surface area contributed by atoms with E-state index in [4.69, 9.17) is 9.47 Å². The maximum Gasteiger partial charge on any atom is 0.119 e. The molecule has 5 rings (SSSR count). The molecule has 0 spiro atoms. The molecule has 0 aliphatic carbocycles. The van der Waals surface area contributed by atoms with Crippen LogP contribution in [0.1, 0.15) is 33.4 Å². The van der Waals surface area contributed by atoms with Crippen LogP contribution in [0.5, 0.6) is 11.5 Å². The zero-order valence-corrected chi connectivity index (χ0v) is 23.6. The van der Waals surface area contributed by atoms with E-state index in [9.17, 15) is 0 Å². The predicted octanol–water partition coefficient (Wildman–Crippen LogP) is 8.64. The average molecular weight is 503 g/mol. The summed E-state index contributed by atoms with van der Waals surface area (Å²) in [6, 6.07) is 35.0. The van der Waals surface area contributed by atoms with Crippen molar-refractivity contribution in [3.63, 3.8) is 0 Å². The third kappa shape index (κ3) is 4.56. The standard InChI is InChI=1S/C34H34O2Si/c1-23-11-7-13-25(19-23)31-32(26-14-8-12-24(2)20-26)34(28-16-10-18-30(22-28)36-4)37(5,6)33(31)27-15-9-17-29(21-27)35-3/h7-22H,1-6H3. The van der Waals surface area contributed by atoms with Gasteiger partial charge in [0.2, 0.25) is 0 Å². The van der Waals surface area contributed by atoms with Crippen LogP contribution in [-0.4, -0.2) is 22.3 Å². The van der Waals surface area contributed by atoms with E-state index in [1.165, 1.54) is 54.9 Å². The highest BCUT2D eigenvalue weighted by Crippen LogP contribution is 2.56. The summed E-state index contributed by atoms with van der Waals surface area (Å²) in [4.78, 5) is 0. The van der Waals surface area contributed by atoms with Crippen molar-refractivity contribution in [3.05, 3.63) is 130 Å². The van der Waals surface area contributed by atoms with Gasteiger partial charge in [0.25, 0.3) is 0 Å². The Kier molecular flexibility index (Phi) is 6.66. The normalized spacial score (nSPS) is 14.8. The summed E-state index contributed by atoms with van der Waals surface area (Å²) in [6.45, 7) is 9.31. The van der Waals surface area contributed by atoms with Gasteiger partial charge >= 0.3 is 0 Å². The third-order valence-electron chi connectivity index (χ3n) is 7.33. The summed E-state index contributed by atoms with van der Waals surface area (Å²) in [7, 11) is 1.25. The molecule has 0 N–H and O–H groups in total. The van der Waals surface area contributed by atoms with E-state index in [2.05, 4.69) is 112 Å². The Bertz CT molecular complexity index is 1430. The summed E-state index contributed by atoms with van der Waals surface area (Å²) < 4.78 is 11.3. The first kappa shape index (κ1) is 24.9. The van der Waals surface area contributed by atoms with Crippen molar-refractivity contribution in [1.82, 2.24) is 0 Å². The predicted molar refractivity (Wildman–Crippen MR) is 159 cm³/mol. The Morgan fingerprint density at radius 1 is 0.486 bits per heavy atom. The SMILES string of the molecule is COc1cccc(C2=C(c3cccc(C)c3)C(c3cccc(C)c3)=C(c3cccc(OC)c3)[Si]2(C)C)c1. The van der Waals surface area contributed by atoms with E-state index in [1.807, 2.05) is 12.1 Å². The van der Waals surface area contributed by atoms with Gasteiger partial charge in [-0.05, 0) is 81.9 Å². The second-order valence-electron chi connectivity index (χ2n) is 10.3. The van der Waals surface area contributed by atoms with Crippen molar-refractivity contribution in [2.75, 3.05) is 14.2 Å². The molecule has 0 amide bonds. The molecule has 0 unspecified atom stereocenters. The monoisotopic (exact) mass is 502 g/mol. The number of ether oxygens (including phenoxy) is 2. The molecule has 4 aromatic rings. The Morgan fingerprint density at radius 3 is 1.24 bits per heavy atom. The summed E-state index contributed by atoms with van der Waals surface area (Å²) in [5.41, 5.74) is 10.2. The van der Waals surface area contributed by atoms with Crippen LogP contribution in [0.3, 0.4) is 0 Å². The quantitative estimate of drug-likeness (QED) is 0.246. The van der Waals surface area contributed by atoms with E-state index in [0.29, 0.717) is 0 Å². The van der Waals surface area contributed by atoms with Gasteiger partial charge in [-0.15, -0.1) is 0 Å². The minimum Gasteiger partial charge on any atom is -0.497 e. The van der Waals surface area contributed by atoms with Gasteiger partial charge in [-0.1, -0.05) is 97.0 Å². The Balaban J connectivity index is 1.93. The number of aryl methyl sites for hydroxylation is 2. The fourth-order valence-corrected chi connectivity index (χ4v) is 9.54.